The number of hydrogen-bond donors (Lipinski definition) is 0. The molecular weight excluding hydrogens is 540 g/mol. The number of rotatable bonds is 1. The van der Waals surface area contributed by atoms with Gasteiger partial charge in [0.15, 0.2) is 11.3 Å². The zero-order valence-electron chi connectivity index (χ0n) is 24.2. The summed E-state index contributed by atoms with van der Waals surface area (Å²) in [7, 11) is 0. The minimum atomic E-state index is -0.677. The number of fused-ring (bicyclic) bond motifs is 7. The molecule has 0 bridgehead atoms. The number of aromatic nitrogens is 4. The number of para-hydroxylation sites is 1. The Morgan fingerprint density at radius 1 is 0.659 bits per heavy atom. The van der Waals surface area contributed by atoms with E-state index in [1.165, 1.54) is 66.4 Å². The van der Waals surface area contributed by atoms with Gasteiger partial charge in [-0.05, 0) is 77.9 Å². The second kappa shape index (κ2) is 7.44. The highest BCUT2D eigenvalue weighted by atomic mass is 16.5. The van der Waals surface area contributed by atoms with Crippen molar-refractivity contribution in [1.82, 2.24) is 9.25 Å². The molecule has 0 radical (unpaired) electrons. The van der Waals surface area contributed by atoms with Crippen molar-refractivity contribution in [1.29, 1.82) is 0 Å². The van der Waals surface area contributed by atoms with Crippen LogP contribution in [0, 0.1) is 13.8 Å². The van der Waals surface area contributed by atoms with Gasteiger partial charge < -0.3 is 4.74 Å². The maximum Gasteiger partial charge on any atom is 0.397 e. The largest absolute Gasteiger partial charge is 0.456 e. The minimum absolute atomic E-state index is 0.677. The molecular formula is C39H26N4O+2. The molecule has 1 unspecified atom stereocenters. The molecule has 0 N–H and O–H groups in total. The molecule has 3 aromatic heterocycles. The van der Waals surface area contributed by atoms with E-state index in [0.717, 1.165) is 22.9 Å². The van der Waals surface area contributed by atoms with Crippen molar-refractivity contribution < 1.29 is 14.0 Å². The van der Waals surface area contributed by atoms with Gasteiger partial charge in [0.1, 0.15) is 28.3 Å². The molecule has 11 rings (SSSR count). The number of ether oxygens (including phenoxy) is 1. The lowest BCUT2D eigenvalue weighted by Crippen LogP contribution is -2.77. The zero-order chi connectivity index (χ0) is 28.9. The van der Waals surface area contributed by atoms with Crippen molar-refractivity contribution >= 4 is 32.7 Å². The van der Waals surface area contributed by atoms with E-state index in [4.69, 9.17) is 4.74 Å². The fraction of sp³-hybridized carbons (Fsp3) is 0.0769. The molecule has 5 aromatic carbocycles. The van der Waals surface area contributed by atoms with Crippen LogP contribution < -0.4 is 14.0 Å². The van der Waals surface area contributed by atoms with Crippen LogP contribution in [0.4, 0.5) is 0 Å². The molecule has 0 amide bonds. The van der Waals surface area contributed by atoms with E-state index in [0.29, 0.717) is 0 Å². The molecule has 0 fully saturated rings. The summed E-state index contributed by atoms with van der Waals surface area (Å²) in [4.78, 5) is 0. The smallest absolute Gasteiger partial charge is 0.397 e. The predicted octanol–water partition coefficient (Wildman–Crippen LogP) is 7.62. The molecule has 3 aliphatic rings. The van der Waals surface area contributed by atoms with Crippen molar-refractivity contribution in [3.8, 4) is 34.0 Å². The number of hydrogen-bond acceptors (Lipinski definition) is 1. The van der Waals surface area contributed by atoms with Crippen LogP contribution in [-0.2, 0) is 5.66 Å². The van der Waals surface area contributed by atoms with E-state index in [1.54, 1.807) is 0 Å². The third-order valence-electron chi connectivity index (χ3n) is 10.3. The van der Waals surface area contributed by atoms with Crippen LogP contribution in [0.5, 0.6) is 11.5 Å². The predicted molar refractivity (Wildman–Crippen MR) is 171 cm³/mol. The summed E-state index contributed by atoms with van der Waals surface area (Å²) < 4.78 is 16.7. The van der Waals surface area contributed by atoms with Gasteiger partial charge in [-0.1, -0.05) is 65.3 Å². The molecule has 0 aliphatic carbocycles. The number of pyridine rings is 1. The summed E-state index contributed by atoms with van der Waals surface area (Å²) in [6.45, 7) is 4.55. The van der Waals surface area contributed by atoms with Gasteiger partial charge in [-0.25, -0.2) is 0 Å². The van der Waals surface area contributed by atoms with Crippen LogP contribution in [0.2, 0.25) is 0 Å². The molecule has 8 aromatic rings. The number of benzene rings is 5. The van der Waals surface area contributed by atoms with Crippen molar-refractivity contribution in [2.45, 2.75) is 19.5 Å². The lowest BCUT2D eigenvalue weighted by molar-refractivity contribution is -0.990. The summed E-state index contributed by atoms with van der Waals surface area (Å²) in [5.41, 5.74) is 11.3. The molecule has 1 spiro atoms. The fourth-order valence-corrected chi connectivity index (χ4v) is 8.74. The van der Waals surface area contributed by atoms with E-state index >= 15 is 0 Å². The number of nitrogens with zero attached hydrogens (tertiary/aromatic N) is 4. The van der Waals surface area contributed by atoms with Crippen LogP contribution in [0.3, 0.4) is 0 Å². The maximum absolute atomic E-state index is 6.80. The molecule has 0 saturated carbocycles. The monoisotopic (exact) mass is 566 g/mol. The lowest BCUT2D eigenvalue weighted by atomic mass is 9.84. The lowest BCUT2D eigenvalue weighted by Gasteiger charge is -2.33. The second-order valence-corrected chi connectivity index (χ2v) is 12.3. The van der Waals surface area contributed by atoms with Crippen molar-refractivity contribution in [3.63, 3.8) is 0 Å². The van der Waals surface area contributed by atoms with Gasteiger partial charge >= 0.3 is 11.3 Å². The first-order chi connectivity index (χ1) is 21.7. The highest BCUT2D eigenvalue weighted by Crippen LogP contribution is 2.55. The van der Waals surface area contributed by atoms with Crippen molar-refractivity contribution in [2.75, 3.05) is 0 Å². The second-order valence-electron chi connectivity index (χ2n) is 12.3. The Kier molecular flexibility index (Phi) is 3.87. The van der Waals surface area contributed by atoms with E-state index in [-0.39, 0.29) is 0 Å². The van der Waals surface area contributed by atoms with Gasteiger partial charge in [0, 0.05) is 12.3 Å². The van der Waals surface area contributed by atoms with Crippen LogP contribution in [0.25, 0.3) is 55.2 Å². The highest BCUT2D eigenvalue weighted by Gasteiger charge is 2.69. The SMILES string of the molecule is Cc1c(-c2ccc3ccccc3c2)c(C)[n+]2n1-c1cccc3c1C21c2c(cccc2-n2c4ccccc4c4ccc[n+]1c42)O3. The van der Waals surface area contributed by atoms with Crippen molar-refractivity contribution in [3.05, 3.63) is 144 Å². The Labute approximate surface area is 253 Å². The Hall–Kier alpha value is -5.68. The topological polar surface area (TPSA) is 26.8 Å². The van der Waals surface area contributed by atoms with Gasteiger partial charge in [-0.3, -0.25) is 0 Å². The minimum Gasteiger partial charge on any atom is -0.456 e. The Bertz CT molecular complexity index is 2620. The highest BCUT2D eigenvalue weighted by molar-refractivity contribution is 6.07. The molecule has 44 heavy (non-hydrogen) atoms. The van der Waals surface area contributed by atoms with E-state index in [9.17, 15) is 0 Å². The Morgan fingerprint density at radius 3 is 2.25 bits per heavy atom. The quantitative estimate of drug-likeness (QED) is 0.188. The first-order valence-corrected chi connectivity index (χ1v) is 15.2. The standard InChI is InChI=1S/C39H26N4O/c1-23-35(27-20-19-25-10-3-4-11-26(25)22-27)24(2)43-39-36-31(15-7-17-33(36)44-34-18-8-16-32(37(34)39)42(23)43)41-30-14-6-5-12-28(30)29-13-9-21-40(39)38(29)41/h3-22H,1-2H3/q+2. The third-order valence-corrected chi connectivity index (χ3v) is 10.3. The summed E-state index contributed by atoms with van der Waals surface area (Å²) >= 11 is 0. The van der Waals surface area contributed by atoms with Gasteiger partial charge in [-0.2, -0.15) is 9.13 Å². The van der Waals surface area contributed by atoms with Crippen molar-refractivity contribution in [2.24, 2.45) is 0 Å². The summed E-state index contributed by atoms with van der Waals surface area (Å²) in [5, 5.41) is 5.00. The molecule has 0 saturated heterocycles. The average Bonchev–Trinajstić information content (AvgIpc) is 3.66. The third kappa shape index (κ3) is 2.33. The first-order valence-electron chi connectivity index (χ1n) is 15.2. The average molecular weight is 567 g/mol. The van der Waals surface area contributed by atoms with Gasteiger partial charge in [0.05, 0.1) is 22.8 Å². The fourth-order valence-electron chi connectivity index (χ4n) is 8.74. The zero-order valence-corrected chi connectivity index (χ0v) is 24.2. The Balaban J connectivity index is 1.36. The molecule has 1 atom stereocenters. The van der Waals surface area contributed by atoms with Gasteiger partial charge in [-0.15, -0.1) is 4.68 Å². The van der Waals surface area contributed by atoms with E-state index in [2.05, 4.69) is 154 Å². The molecule has 6 heterocycles. The van der Waals surface area contributed by atoms with Gasteiger partial charge in [0.2, 0.25) is 5.69 Å². The van der Waals surface area contributed by atoms with Gasteiger partial charge in [0.25, 0.3) is 0 Å². The first kappa shape index (κ1) is 22.9. The molecule has 5 nitrogen and oxygen atoms in total. The Morgan fingerprint density at radius 2 is 1.39 bits per heavy atom. The molecule has 5 heteroatoms. The van der Waals surface area contributed by atoms with Crippen LogP contribution in [-0.4, -0.2) is 9.25 Å². The molecule has 206 valence electrons. The maximum atomic E-state index is 6.80. The van der Waals surface area contributed by atoms with Crippen LogP contribution in [0.15, 0.2) is 121 Å². The van der Waals surface area contributed by atoms with Crippen LogP contribution >= 0.6 is 0 Å². The molecule has 3 aliphatic heterocycles. The van der Waals surface area contributed by atoms with Crippen LogP contribution in [0.1, 0.15) is 22.5 Å². The summed E-state index contributed by atoms with van der Waals surface area (Å²) in [5.74, 6) is 1.80. The van der Waals surface area contributed by atoms with E-state index < -0.39 is 5.66 Å². The normalized spacial score (nSPS) is 16.7. The summed E-state index contributed by atoms with van der Waals surface area (Å²) in [6.07, 6.45) is 2.27. The van der Waals surface area contributed by atoms with E-state index in [1.807, 2.05) is 0 Å². The summed E-state index contributed by atoms with van der Waals surface area (Å²) in [6, 6.07) is 41.7.